The summed E-state index contributed by atoms with van der Waals surface area (Å²) in [6.45, 7) is 0. The molecule has 0 amide bonds. The Morgan fingerprint density at radius 3 is 0.788 bits per heavy atom. The SMILES string of the molecule is Oc1ccc(CCCCCCCCCCCCCCc2ccccc2O)cc1.Oc1ccc(CCCCCCCCCCc2ccc(O)cc2)cc1. The lowest BCUT2D eigenvalue weighted by Crippen LogP contribution is -1.87. The fourth-order valence-electron chi connectivity index (χ4n) is 6.84. The minimum absolute atomic E-state index is 0.351. The zero-order chi connectivity index (χ0) is 36.9. The third kappa shape index (κ3) is 20.8. The highest BCUT2D eigenvalue weighted by atomic mass is 16.3. The molecule has 0 bridgehead atoms. The van der Waals surface area contributed by atoms with Crippen LogP contribution in [0.3, 0.4) is 0 Å². The van der Waals surface area contributed by atoms with Crippen LogP contribution in [0, 0.1) is 0 Å². The lowest BCUT2D eigenvalue weighted by Gasteiger charge is -2.05. The molecule has 0 fully saturated rings. The van der Waals surface area contributed by atoms with Gasteiger partial charge >= 0.3 is 0 Å². The summed E-state index contributed by atoms with van der Waals surface area (Å²) in [5, 5.41) is 37.5. The van der Waals surface area contributed by atoms with E-state index in [1.165, 1.54) is 145 Å². The molecule has 4 N–H and O–H groups in total. The Labute approximate surface area is 316 Å². The van der Waals surface area contributed by atoms with Crippen LogP contribution in [0.25, 0.3) is 0 Å². The summed E-state index contributed by atoms with van der Waals surface area (Å²) in [6.07, 6.45) is 30.7. The van der Waals surface area contributed by atoms with Gasteiger partial charge in [-0.3, -0.25) is 0 Å². The maximum absolute atomic E-state index is 9.75. The second kappa shape index (κ2) is 27.7. The second-order valence-corrected chi connectivity index (χ2v) is 14.7. The first kappa shape index (κ1) is 42.5. The molecule has 0 radical (unpaired) electrons. The normalized spacial score (nSPS) is 10.9. The van der Waals surface area contributed by atoms with E-state index in [0.29, 0.717) is 23.0 Å². The molecule has 0 saturated heterocycles. The summed E-state index contributed by atoms with van der Waals surface area (Å²) >= 11 is 0. The molecule has 0 saturated carbocycles. The molecular weight excluding hydrogens is 641 g/mol. The maximum atomic E-state index is 9.75. The van der Waals surface area contributed by atoms with Crippen molar-refractivity contribution in [2.24, 2.45) is 0 Å². The summed E-state index contributed by atoms with van der Waals surface area (Å²) in [5.74, 6) is 1.51. The van der Waals surface area contributed by atoms with Crippen molar-refractivity contribution in [2.75, 3.05) is 0 Å². The van der Waals surface area contributed by atoms with Crippen LogP contribution in [0.15, 0.2) is 97.1 Å². The minimum atomic E-state index is 0.351. The number of benzene rings is 4. The van der Waals surface area contributed by atoms with E-state index < -0.39 is 0 Å². The number of aromatic hydroxyl groups is 4. The fourth-order valence-corrected chi connectivity index (χ4v) is 6.84. The Morgan fingerprint density at radius 1 is 0.250 bits per heavy atom. The Kier molecular flexibility index (Phi) is 22.6. The van der Waals surface area contributed by atoms with Crippen molar-refractivity contribution >= 4 is 0 Å². The molecule has 0 aromatic heterocycles. The van der Waals surface area contributed by atoms with Crippen molar-refractivity contribution in [3.8, 4) is 23.0 Å². The zero-order valence-electron chi connectivity index (χ0n) is 32.0. The van der Waals surface area contributed by atoms with E-state index in [-0.39, 0.29) is 0 Å². The van der Waals surface area contributed by atoms with E-state index in [1.807, 2.05) is 54.6 Å². The number of aryl methyl sites for hydroxylation is 4. The summed E-state index contributed by atoms with van der Waals surface area (Å²) in [5.41, 5.74) is 5.06. The standard InChI is InChI=1S/C26H38O2.C22H30O2/c27-25-21-19-23(20-22-25)15-11-9-7-5-3-1-2-4-6-8-10-12-16-24-17-13-14-18-26(24)28;23-21-15-11-19(12-16-21)9-7-5-3-1-2-4-6-8-10-20-13-17-22(24)18-14-20/h13-14,17-22,27-28H,1-12,15-16H2;11-18,23-24H,1-10H2. The summed E-state index contributed by atoms with van der Waals surface area (Å²) in [4.78, 5) is 0. The first-order valence-electron chi connectivity index (χ1n) is 20.6. The van der Waals surface area contributed by atoms with Crippen LogP contribution in [0.4, 0.5) is 0 Å². The molecule has 0 spiro atoms. The third-order valence-electron chi connectivity index (χ3n) is 10.1. The minimum Gasteiger partial charge on any atom is -0.508 e. The highest BCUT2D eigenvalue weighted by Crippen LogP contribution is 2.20. The van der Waals surface area contributed by atoms with Crippen molar-refractivity contribution < 1.29 is 20.4 Å². The molecule has 284 valence electrons. The van der Waals surface area contributed by atoms with Crippen molar-refractivity contribution in [1.29, 1.82) is 0 Å². The smallest absolute Gasteiger partial charge is 0.118 e. The molecule has 4 heteroatoms. The molecule has 0 aliphatic rings. The van der Waals surface area contributed by atoms with Crippen LogP contribution in [0.1, 0.15) is 151 Å². The number of phenolic OH excluding ortho intramolecular Hbond substituents is 4. The van der Waals surface area contributed by atoms with Gasteiger partial charge in [0.15, 0.2) is 0 Å². The number of phenols is 4. The summed E-state index contributed by atoms with van der Waals surface area (Å²) in [7, 11) is 0. The van der Waals surface area contributed by atoms with Gasteiger partial charge in [-0.1, -0.05) is 157 Å². The topological polar surface area (TPSA) is 80.9 Å². The van der Waals surface area contributed by atoms with Gasteiger partial charge in [0.25, 0.3) is 0 Å². The molecule has 52 heavy (non-hydrogen) atoms. The van der Waals surface area contributed by atoms with E-state index >= 15 is 0 Å². The summed E-state index contributed by atoms with van der Waals surface area (Å²) in [6, 6.07) is 30.5. The molecule has 4 aromatic carbocycles. The van der Waals surface area contributed by atoms with Gasteiger partial charge in [-0.05, 0) is 116 Å². The highest BCUT2D eigenvalue weighted by molar-refractivity contribution is 5.31. The molecule has 4 aromatic rings. The highest BCUT2D eigenvalue weighted by Gasteiger charge is 2.01. The number of para-hydroxylation sites is 1. The Hall–Kier alpha value is -3.92. The van der Waals surface area contributed by atoms with Crippen LogP contribution in [0.5, 0.6) is 23.0 Å². The van der Waals surface area contributed by atoms with Gasteiger partial charge in [-0.25, -0.2) is 0 Å². The van der Waals surface area contributed by atoms with Crippen LogP contribution < -0.4 is 0 Å². The zero-order valence-corrected chi connectivity index (χ0v) is 32.0. The van der Waals surface area contributed by atoms with E-state index in [2.05, 4.69) is 0 Å². The molecule has 0 unspecified atom stereocenters. The second-order valence-electron chi connectivity index (χ2n) is 14.7. The lowest BCUT2D eigenvalue weighted by atomic mass is 10.0. The van der Waals surface area contributed by atoms with Gasteiger partial charge in [-0.2, -0.15) is 0 Å². The number of hydrogen-bond donors (Lipinski definition) is 4. The largest absolute Gasteiger partial charge is 0.508 e. The average Bonchev–Trinajstić information content (AvgIpc) is 3.15. The van der Waals surface area contributed by atoms with Crippen molar-refractivity contribution in [3.63, 3.8) is 0 Å². The predicted molar refractivity (Wildman–Crippen MR) is 220 cm³/mol. The molecule has 4 rings (SSSR count). The van der Waals surface area contributed by atoms with Gasteiger partial charge < -0.3 is 20.4 Å². The quantitative estimate of drug-likeness (QED) is 0.0490. The van der Waals surface area contributed by atoms with Crippen molar-refractivity contribution in [3.05, 3.63) is 119 Å². The number of rotatable bonds is 26. The van der Waals surface area contributed by atoms with Crippen LogP contribution in [-0.4, -0.2) is 20.4 Å². The first-order valence-corrected chi connectivity index (χ1v) is 20.6. The average molecular weight is 709 g/mol. The summed E-state index contributed by atoms with van der Waals surface area (Å²) < 4.78 is 0. The Balaban J connectivity index is 0.000000284. The third-order valence-corrected chi connectivity index (χ3v) is 10.1. The van der Waals surface area contributed by atoms with Crippen LogP contribution in [-0.2, 0) is 25.7 Å². The van der Waals surface area contributed by atoms with Crippen molar-refractivity contribution in [1.82, 2.24) is 0 Å². The Bertz CT molecular complexity index is 1360. The fraction of sp³-hybridized carbons (Fsp3) is 0.500. The van der Waals surface area contributed by atoms with Gasteiger partial charge in [0, 0.05) is 0 Å². The molecule has 0 heterocycles. The first-order chi connectivity index (χ1) is 25.5. The number of unbranched alkanes of at least 4 members (excludes halogenated alkanes) is 18. The molecule has 4 nitrogen and oxygen atoms in total. The van der Waals surface area contributed by atoms with Gasteiger partial charge in [-0.15, -0.1) is 0 Å². The molecule has 0 aliphatic heterocycles. The van der Waals surface area contributed by atoms with Crippen molar-refractivity contribution in [2.45, 2.75) is 154 Å². The van der Waals surface area contributed by atoms with Crippen LogP contribution in [0.2, 0.25) is 0 Å². The van der Waals surface area contributed by atoms with E-state index in [9.17, 15) is 20.4 Å². The molecule has 0 atom stereocenters. The van der Waals surface area contributed by atoms with Crippen LogP contribution >= 0.6 is 0 Å². The van der Waals surface area contributed by atoms with E-state index in [1.54, 1.807) is 42.5 Å². The van der Waals surface area contributed by atoms with E-state index in [4.69, 9.17) is 0 Å². The Morgan fingerprint density at radius 2 is 0.500 bits per heavy atom. The molecular formula is C48H68O4. The number of hydrogen-bond acceptors (Lipinski definition) is 4. The predicted octanol–water partition coefficient (Wildman–Crippen LogP) is 13.6. The monoisotopic (exact) mass is 709 g/mol. The van der Waals surface area contributed by atoms with Gasteiger partial charge in [0.05, 0.1) is 0 Å². The van der Waals surface area contributed by atoms with Gasteiger partial charge in [0.2, 0.25) is 0 Å². The molecule has 0 aliphatic carbocycles. The van der Waals surface area contributed by atoms with Gasteiger partial charge in [0.1, 0.15) is 23.0 Å². The lowest BCUT2D eigenvalue weighted by molar-refractivity contribution is 0.465. The van der Waals surface area contributed by atoms with E-state index in [0.717, 1.165) is 31.2 Å². The maximum Gasteiger partial charge on any atom is 0.118 e.